The number of nitrogens with zero attached hydrogens (tertiary/aromatic N) is 2. The first-order valence-corrected chi connectivity index (χ1v) is 11.6. The number of carbonyl (C=O) groups is 2. The van der Waals surface area contributed by atoms with Crippen molar-refractivity contribution in [2.75, 3.05) is 36.4 Å². The van der Waals surface area contributed by atoms with Crippen molar-refractivity contribution in [3.8, 4) is 0 Å². The van der Waals surface area contributed by atoms with Gasteiger partial charge in [0.15, 0.2) is 5.78 Å². The molecule has 4 rings (SSSR count). The van der Waals surface area contributed by atoms with Crippen molar-refractivity contribution < 1.29 is 14.7 Å². The highest BCUT2D eigenvalue weighted by atomic mass is 16.4. The van der Waals surface area contributed by atoms with Crippen LogP contribution in [0.3, 0.4) is 0 Å². The second-order valence-corrected chi connectivity index (χ2v) is 8.93. The summed E-state index contributed by atoms with van der Waals surface area (Å²) in [6, 6.07) is 12.0. The first-order valence-electron chi connectivity index (χ1n) is 11.6. The average molecular weight is 437 g/mol. The van der Waals surface area contributed by atoms with Crippen LogP contribution in [0.5, 0.6) is 0 Å². The Morgan fingerprint density at radius 3 is 2.50 bits per heavy atom. The van der Waals surface area contributed by atoms with Crippen molar-refractivity contribution in [3.63, 3.8) is 0 Å². The van der Waals surface area contributed by atoms with Gasteiger partial charge >= 0.3 is 6.09 Å². The largest absolute Gasteiger partial charge is 0.465 e. The minimum atomic E-state index is -0.980. The summed E-state index contributed by atoms with van der Waals surface area (Å²) in [6.07, 6.45) is 8.19. The molecular weight excluding hydrogens is 404 g/mol. The molecule has 0 bridgehead atoms. The minimum absolute atomic E-state index is 0.0672. The third-order valence-corrected chi connectivity index (χ3v) is 6.66. The van der Waals surface area contributed by atoms with Crippen molar-refractivity contribution in [1.82, 2.24) is 10.3 Å². The van der Waals surface area contributed by atoms with E-state index in [-0.39, 0.29) is 12.3 Å². The second-order valence-electron chi connectivity index (χ2n) is 8.93. The Labute approximate surface area is 189 Å². The minimum Gasteiger partial charge on any atom is -0.465 e. The Hall–Kier alpha value is -3.09. The van der Waals surface area contributed by atoms with Gasteiger partial charge in [-0.15, -0.1) is 0 Å². The molecule has 2 aliphatic rings. The van der Waals surface area contributed by atoms with Gasteiger partial charge in [0, 0.05) is 25.2 Å². The number of hydrogen-bond donors (Lipinski definition) is 3. The summed E-state index contributed by atoms with van der Waals surface area (Å²) in [5, 5.41) is 14.4. The molecule has 2 heterocycles. The fourth-order valence-corrected chi connectivity index (χ4v) is 4.78. The molecule has 1 aliphatic carbocycles. The number of amides is 1. The van der Waals surface area contributed by atoms with Crippen molar-refractivity contribution in [3.05, 3.63) is 53.7 Å². The van der Waals surface area contributed by atoms with E-state index >= 15 is 0 Å². The third-order valence-electron chi connectivity index (χ3n) is 6.66. The van der Waals surface area contributed by atoms with Crippen molar-refractivity contribution in [1.29, 1.82) is 0 Å². The summed E-state index contributed by atoms with van der Waals surface area (Å²) in [5.41, 5.74) is 2.90. The Balaban J connectivity index is 1.25. The molecule has 1 aromatic heterocycles. The maximum Gasteiger partial charge on any atom is 0.404 e. The molecule has 1 aliphatic heterocycles. The van der Waals surface area contributed by atoms with Gasteiger partial charge in [0.05, 0.1) is 18.4 Å². The predicted molar refractivity (Wildman–Crippen MR) is 126 cm³/mol. The molecule has 170 valence electrons. The zero-order chi connectivity index (χ0) is 22.3. The number of benzene rings is 1. The first kappa shape index (κ1) is 22.1. The standard InChI is InChI=1S/C25H32N4O3/c30-23(21-8-6-20(7-9-21)19-4-2-1-3-5-19)16-26-22-10-11-24(27-15-22)29-13-12-18(17-29)14-28-25(31)32/h6-11,15,18-19,26,28H,1-5,12-14,16-17H2,(H,31,32). The lowest BCUT2D eigenvalue weighted by Crippen LogP contribution is -2.29. The highest BCUT2D eigenvalue weighted by molar-refractivity contribution is 5.99. The van der Waals surface area contributed by atoms with Crippen LogP contribution < -0.4 is 15.5 Å². The number of hydrogen-bond acceptors (Lipinski definition) is 5. The second kappa shape index (κ2) is 10.5. The molecule has 0 radical (unpaired) electrons. The monoisotopic (exact) mass is 436 g/mol. The van der Waals surface area contributed by atoms with Crippen molar-refractivity contribution in [2.24, 2.45) is 5.92 Å². The number of carboxylic acid groups (broad SMARTS) is 1. The Morgan fingerprint density at radius 2 is 1.81 bits per heavy atom. The van der Waals surface area contributed by atoms with Gasteiger partial charge in [-0.25, -0.2) is 9.78 Å². The van der Waals surface area contributed by atoms with Gasteiger partial charge in [-0.3, -0.25) is 4.79 Å². The zero-order valence-electron chi connectivity index (χ0n) is 18.4. The summed E-state index contributed by atoms with van der Waals surface area (Å²) in [7, 11) is 0. The van der Waals surface area contributed by atoms with Crippen LogP contribution in [-0.4, -0.2) is 48.1 Å². The molecule has 7 heteroatoms. The van der Waals surface area contributed by atoms with Crippen LogP contribution in [0.15, 0.2) is 42.6 Å². The van der Waals surface area contributed by atoms with Gasteiger partial charge in [0.1, 0.15) is 5.82 Å². The molecule has 1 atom stereocenters. The van der Waals surface area contributed by atoms with Crippen LogP contribution in [0.2, 0.25) is 0 Å². The number of pyridine rings is 1. The van der Waals surface area contributed by atoms with Crippen LogP contribution in [0.1, 0.15) is 60.4 Å². The van der Waals surface area contributed by atoms with Crippen LogP contribution in [0, 0.1) is 5.92 Å². The molecule has 2 fully saturated rings. The van der Waals surface area contributed by atoms with Crippen LogP contribution in [0.25, 0.3) is 0 Å². The van der Waals surface area contributed by atoms with E-state index in [1.807, 2.05) is 24.3 Å². The van der Waals surface area contributed by atoms with E-state index in [1.54, 1.807) is 6.20 Å². The number of rotatable bonds is 8. The topological polar surface area (TPSA) is 94.6 Å². The normalized spacial score (nSPS) is 19.0. The number of anilines is 2. The van der Waals surface area contributed by atoms with Gasteiger partial charge in [-0.1, -0.05) is 43.5 Å². The first-order chi connectivity index (χ1) is 15.6. The van der Waals surface area contributed by atoms with E-state index in [1.165, 1.54) is 37.7 Å². The van der Waals surface area contributed by atoms with E-state index in [0.717, 1.165) is 36.6 Å². The average Bonchev–Trinajstić information content (AvgIpc) is 3.31. The van der Waals surface area contributed by atoms with Crippen molar-refractivity contribution in [2.45, 2.75) is 44.4 Å². The number of aromatic nitrogens is 1. The van der Waals surface area contributed by atoms with Crippen LogP contribution in [0.4, 0.5) is 16.3 Å². The van der Waals surface area contributed by atoms with E-state index in [9.17, 15) is 9.59 Å². The summed E-state index contributed by atoms with van der Waals surface area (Å²) in [5.74, 6) is 1.89. The summed E-state index contributed by atoms with van der Waals surface area (Å²) in [6.45, 7) is 2.35. The fourth-order valence-electron chi connectivity index (χ4n) is 4.78. The Bertz CT molecular complexity index is 908. The molecule has 7 nitrogen and oxygen atoms in total. The van der Waals surface area contributed by atoms with E-state index in [4.69, 9.17) is 5.11 Å². The zero-order valence-corrected chi connectivity index (χ0v) is 18.4. The SMILES string of the molecule is O=C(O)NCC1CCN(c2ccc(NCC(=O)c3ccc(C4CCCCC4)cc3)cn2)C1. The molecule has 1 saturated carbocycles. The summed E-state index contributed by atoms with van der Waals surface area (Å²) in [4.78, 5) is 29.9. The summed E-state index contributed by atoms with van der Waals surface area (Å²) < 4.78 is 0. The van der Waals surface area contributed by atoms with E-state index in [0.29, 0.717) is 18.4 Å². The van der Waals surface area contributed by atoms with Gasteiger partial charge in [-0.05, 0) is 48.8 Å². The molecule has 1 unspecified atom stereocenters. The number of Topliss-reactive ketones (excluding diaryl/α,β-unsaturated/α-hetero) is 1. The number of nitrogens with one attached hydrogen (secondary N) is 2. The highest BCUT2D eigenvalue weighted by Gasteiger charge is 2.23. The summed E-state index contributed by atoms with van der Waals surface area (Å²) >= 11 is 0. The lowest BCUT2D eigenvalue weighted by molar-refractivity contribution is 0.101. The molecule has 1 saturated heterocycles. The smallest absolute Gasteiger partial charge is 0.404 e. The lowest BCUT2D eigenvalue weighted by atomic mass is 9.84. The van der Waals surface area contributed by atoms with E-state index in [2.05, 4.69) is 32.7 Å². The van der Waals surface area contributed by atoms with Gasteiger partial charge < -0.3 is 20.6 Å². The lowest BCUT2D eigenvalue weighted by Gasteiger charge is -2.22. The number of carbonyl (C=O) groups excluding carboxylic acids is 1. The van der Waals surface area contributed by atoms with Crippen LogP contribution >= 0.6 is 0 Å². The molecular formula is C25H32N4O3. The molecule has 1 aromatic carbocycles. The molecule has 32 heavy (non-hydrogen) atoms. The highest BCUT2D eigenvalue weighted by Crippen LogP contribution is 2.32. The molecule has 0 spiro atoms. The number of ketones is 1. The van der Waals surface area contributed by atoms with Gasteiger partial charge in [0.2, 0.25) is 0 Å². The molecule has 2 aromatic rings. The maximum atomic E-state index is 12.6. The maximum absolute atomic E-state index is 12.6. The third kappa shape index (κ3) is 5.78. The Morgan fingerprint density at radius 1 is 1.03 bits per heavy atom. The quantitative estimate of drug-likeness (QED) is 0.527. The molecule has 3 N–H and O–H groups in total. The van der Waals surface area contributed by atoms with E-state index < -0.39 is 6.09 Å². The molecule has 1 amide bonds. The van der Waals surface area contributed by atoms with Gasteiger partial charge in [-0.2, -0.15) is 0 Å². The Kier molecular flexibility index (Phi) is 7.24. The van der Waals surface area contributed by atoms with Gasteiger partial charge in [0.25, 0.3) is 0 Å². The predicted octanol–water partition coefficient (Wildman–Crippen LogP) is 4.52. The van der Waals surface area contributed by atoms with Crippen molar-refractivity contribution >= 4 is 23.4 Å². The fraction of sp³-hybridized carbons (Fsp3) is 0.480. The van der Waals surface area contributed by atoms with Crippen LogP contribution in [-0.2, 0) is 0 Å².